The summed E-state index contributed by atoms with van der Waals surface area (Å²) in [6.45, 7) is 1.99. The first-order valence-electron chi connectivity index (χ1n) is 9.58. The molecule has 8 nitrogen and oxygen atoms in total. The van der Waals surface area contributed by atoms with Gasteiger partial charge in [-0.05, 0) is 55.2 Å². The number of nitrogens with one attached hydrogen (secondary N) is 1. The van der Waals surface area contributed by atoms with Crippen molar-refractivity contribution in [1.29, 1.82) is 0 Å². The molecule has 0 spiro atoms. The number of thiol groups is 1. The number of hydrogen-bond donors (Lipinski definition) is 2. The Morgan fingerprint density at radius 2 is 1.97 bits per heavy atom. The van der Waals surface area contributed by atoms with Crippen LogP contribution in [-0.4, -0.2) is 39.5 Å². The fraction of sp³-hybridized carbons (Fsp3) is 0.190. The zero-order chi connectivity index (χ0) is 20.8. The summed E-state index contributed by atoms with van der Waals surface area (Å²) in [6, 6.07) is 9.11. The number of fused-ring (bicyclic) bond motifs is 1. The molecule has 30 heavy (non-hydrogen) atoms. The third-order valence-corrected chi connectivity index (χ3v) is 5.91. The number of carbonyl (C=O) groups is 1. The standard InChI is InChI=1S/C21H19N5O3S/c1-13-2-3-14(21(27)24-16-4-5-16)8-18(13)15-9-23-26(11-15)20-10-22-19-7-6-17(30(28)29)12-25(19)20/h2-3,6-12,16,30H,4-5H2,1H3,(H,24,27). The number of aryl methyl sites for hydroxylation is 1. The van der Waals surface area contributed by atoms with Gasteiger partial charge in [-0.2, -0.15) is 5.10 Å². The molecule has 0 bridgehead atoms. The maximum atomic E-state index is 12.4. The number of aromatic nitrogens is 4. The largest absolute Gasteiger partial charge is 0.349 e. The summed E-state index contributed by atoms with van der Waals surface area (Å²) in [7, 11) is -2.69. The van der Waals surface area contributed by atoms with Crippen molar-refractivity contribution in [3.8, 4) is 16.9 Å². The second kappa shape index (κ2) is 7.10. The van der Waals surface area contributed by atoms with Crippen molar-refractivity contribution >= 4 is 22.3 Å². The summed E-state index contributed by atoms with van der Waals surface area (Å²) < 4.78 is 26.0. The van der Waals surface area contributed by atoms with Crippen LogP contribution in [0, 0.1) is 6.92 Å². The lowest BCUT2D eigenvalue weighted by molar-refractivity contribution is 0.0951. The molecule has 4 aromatic rings. The Bertz CT molecular complexity index is 1360. The van der Waals surface area contributed by atoms with Gasteiger partial charge in [-0.25, -0.2) is 18.1 Å². The van der Waals surface area contributed by atoms with E-state index in [2.05, 4.69) is 15.4 Å². The Hall–Kier alpha value is -3.46. The van der Waals surface area contributed by atoms with Crippen LogP contribution in [0.15, 0.2) is 60.0 Å². The van der Waals surface area contributed by atoms with Crippen LogP contribution < -0.4 is 5.32 Å². The first-order chi connectivity index (χ1) is 14.5. The predicted octanol–water partition coefficient (Wildman–Crippen LogP) is 2.36. The van der Waals surface area contributed by atoms with Gasteiger partial charge >= 0.3 is 0 Å². The maximum absolute atomic E-state index is 12.4. The number of benzene rings is 1. The molecule has 0 radical (unpaired) electrons. The quantitative estimate of drug-likeness (QED) is 0.482. The second-order valence-corrected chi connectivity index (χ2v) is 8.47. The predicted molar refractivity (Wildman–Crippen MR) is 112 cm³/mol. The molecule has 0 unspecified atom stereocenters. The summed E-state index contributed by atoms with van der Waals surface area (Å²) in [5.41, 5.74) is 4.05. The van der Waals surface area contributed by atoms with Crippen LogP contribution in [0.1, 0.15) is 28.8 Å². The van der Waals surface area contributed by atoms with Crippen molar-refractivity contribution in [2.45, 2.75) is 30.7 Å². The first-order valence-corrected chi connectivity index (χ1v) is 10.8. The van der Waals surface area contributed by atoms with Crippen LogP contribution >= 0.6 is 0 Å². The monoisotopic (exact) mass is 421 g/mol. The van der Waals surface area contributed by atoms with E-state index >= 15 is 0 Å². The van der Waals surface area contributed by atoms with E-state index in [9.17, 15) is 13.2 Å². The minimum absolute atomic E-state index is 0.0628. The van der Waals surface area contributed by atoms with E-state index in [4.69, 9.17) is 0 Å². The SMILES string of the molecule is Cc1ccc(C(=O)NC2CC2)cc1-c1cnn(-c2cnc3ccc([SH](=O)=O)cn23)c1. The van der Waals surface area contributed by atoms with Crippen LogP contribution in [0.5, 0.6) is 0 Å². The van der Waals surface area contributed by atoms with Crippen molar-refractivity contribution in [1.82, 2.24) is 24.5 Å². The molecule has 1 amide bonds. The molecule has 0 saturated heterocycles. The highest BCUT2D eigenvalue weighted by Crippen LogP contribution is 2.26. The number of rotatable bonds is 5. The van der Waals surface area contributed by atoms with Gasteiger partial charge in [0.15, 0.2) is 16.5 Å². The molecule has 1 aliphatic rings. The average molecular weight is 421 g/mol. The van der Waals surface area contributed by atoms with Gasteiger partial charge in [0.2, 0.25) is 0 Å². The van der Waals surface area contributed by atoms with Gasteiger partial charge in [0.1, 0.15) is 5.65 Å². The van der Waals surface area contributed by atoms with Gasteiger partial charge in [0.05, 0.1) is 17.3 Å². The summed E-state index contributed by atoms with van der Waals surface area (Å²) >= 11 is 0. The minimum Gasteiger partial charge on any atom is -0.349 e. The van der Waals surface area contributed by atoms with Crippen LogP contribution in [0.4, 0.5) is 0 Å². The van der Waals surface area contributed by atoms with E-state index < -0.39 is 10.7 Å². The van der Waals surface area contributed by atoms with Gasteiger partial charge in [-0.3, -0.25) is 9.20 Å². The highest BCUT2D eigenvalue weighted by molar-refractivity contribution is 7.72. The Morgan fingerprint density at radius 1 is 1.13 bits per heavy atom. The molecule has 1 aliphatic carbocycles. The fourth-order valence-electron chi connectivity index (χ4n) is 3.39. The topological polar surface area (TPSA) is 98.4 Å². The van der Waals surface area contributed by atoms with Gasteiger partial charge in [0.25, 0.3) is 5.91 Å². The maximum Gasteiger partial charge on any atom is 0.251 e. The minimum atomic E-state index is -2.69. The zero-order valence-electron chi connectivity index (χ0n) is 16.1. The molecule has 1 N–H and O–H groups in total. The summed E-state index contributed by atoms with van der Waals surface area (Å²) in [5, 5.41) is 7.45. The summed E-state index contributed by atoms with van der Waals surface area (Å²) in [6.07, 6.45) is 8.82. The second-order valence-electron chi connectivity index (χ2n) is 7.44. The van der Waals surface area contributed by atoms with E-state index in [1.807, 2.05) is 31.3 Å². The molecule has 0 atom stereocenters. The van der Waals surface area contributed by atoms with Gasteiger partial charge in [-0.15, -0.1) is 0 Å². The van der Waals surface area contributed by atoms with Crippen LogP contribution in [0.2, 0.25) is 0 Å². The van der Waals surface area contributed by atoms with E-state index in [-0.39, 0.29) is 10.8 Å². The van der Waals surface area contributed by atoms with Crippen molar-refractivity contribution in [3.63, 3.8) is 0 Å². The van der Waals surface area contributed by atoms with Crippen molar-refractivity contribution in [3.05, 3.63) is 66.2 Å². The highest BCUT2D eigenvalue weighted by atomic mass is 32.2. The highest BCUT2D eigenvalue weighted by Gasteiger charge is 2.24. The normalized spacial score (nSPS) is 13.8. The number of carbonyl (C=O) groups excluding carboxylic acids is 1. The summed E-state index contributed by atoms with van der Waals surface area (Å²) in [5.74, 6) is 0.558. The molecule has 3 heterocycles. The molecular weight excluding hydrogens is 402 g/mol. The van der Waals surface area contributed by atoms with E-state index in [1.54, 1.807) is 27.5 Å². The first kappa shape index (κ1) is 18.6. The van der Waals surface area contributed by atoms with E-state index in [1.165, 1.54) is 12.3 Å². The lowest BCUT2D eigenvalue weighted by Crippen LogP contribution is -2.25. The molecule has 9 heteroatoms. The Kier molecular flexibility index (Phi) is 4.39. The van der Waals surface area contributed by atoms with E-state index in [0.29, 0.717) is 23.1 Å². The van der Waals surface area contributed by atoms with Gasteiger partial charge in [-0.1, -0.05) is 6.07 Å². The Labute approximate surface area is 174 Å². The lowest BCUT2D eigenvalue weighted by Gasteiger charge is -2.08. The molecule has 5 rings (SSSR count). The summed E-state index contributed by atoms with van der Waals surface area (Å²) in [4.78, 5) is 16.9. The van der Waals surface area contributed by atoms with Crippen molar-refractivity contribution in [2.75, 3.05) is 0 Å². The third kappa shape index (κ3) is 3.37. The molecule has 1 saturated carbocycles. The van der Waals surface area contributed by atoms with E-state index in [0.717, 1.165) is 29.5 Å². The molecule has 1 fully saturated rings. The van der Waals surface area contributed by atoms with Crippen LogP contribution in [0.25, 0.3) is 22.6 Å². The Balaban J connectivity index is 1.52. The number of nitrogens with zero attached hydrogens (tertiary/aromatic N) is 4. The molecule has 152 valence electrons. The molecule has 3 aromatic heterocycles. The van der Waals surface area contributed by atoms with Crippen molar-refractivity contribution in [2.24, 2.45) is 0 Å². The van der Waals surface area contributed by atoms with Gasteiger partial charge in [0, 0.05) is 29.6 Å². The third-order valence-electron chi connectivity index (χ3n) is 5.22. The van der Waals surface area contributed by atoms with Crippen LogP contribution in [0.3, 0.4) is 0 Å². The van der Waals surface area contributed by atoms with Crippen molar-refractivity contribution < 1.29 is 13.2 Å². The smallest absolute Gasteiger partial charge is 0.251 e. The molecular formula is C21H19N5O3S. The number of pyridine rings is 1. The van der Waals surface area contributed by atoms with Gasteiger partial charge < -0.3 is 5.32 Å². The molecule has 1 aromatic carbocycles. The fourth-order valence-corrected chi connectivity index (χ4v) is 3.80. The number of hydrogen-bond acceptors (Lipinski definition) is 5. The molecule has 0 aliphatic heterocycles. The van der Waals surface area contributed by atoms with Crippen LogP contribution in [-0.2, 0) is 10.7 Å². The number of imidazole rings is 1. The lowest BCUT2D eigenvalue weighted by atomic mass is 10.0. The Morgan fingerprint density at radius 3 is 2.73 bits per heavy atom. The average Bonchev–Trinajstić information content (AvgIpc) is 3.25. The number of amides is 1. The zero-order valence-corrected chi connectivity index (χ0v) is 17.0.